The first kappa shape index (κ1) is 9.70. The van der Waals surface area contributed by atoms with Crippen molar-refractivity contribution in [2.24, 2.45) is 0 Å². The van der Waals surface area contributed by atoms with Gasteiger partial charge in [-0.25, -0.2) is 4.39 Å². The van der Waals surface area contributed by atoms with Crippen LogP contribution in [0.25, 0.3) is 0 Å². The van der Waals surface area contributed by atoms with Gasteiger partial charge in [0.15, 0.2) is 0 Å². The van der Waals surface area contributed by atoms with Crippen molar-refractivity contribution in [3.63, 3.8) is 0 Å². The predicted molar refractivity (Wildman–Crippen MR) is 36.2 cm³/mol. The van der Waals surface area contributed by atoms with Crippen molar-refractivity contribution in [2.45, 2.75) is 6.18 Å². The minimum Gasteiger partial charge on any atom is -0.285 e. The van der Waals surface area contributed by atoms with Gasteiger partial charge in [0, 0.05) is 5.56 Å². The maximum absolute atomic E-state index is 12.6. The zero-order valence-electron chi connectivity index (χ0n) is 6.15. The lowest BCUT2D eigenvalue weighted by molar-refractivity contribution is -0.140. The lowest BCUT2D eigenvalue weighted by Gasteiger charge is -2.08. The summed E-state index contributed by atoms with van der Waals surface area (Å²) in [5, 5.41) is 0. The van der Waals surface area contributed by atoms with Gasteiger partial charge in [-0.2, -0.15) is 13.2 Å². The van der Waals surface area contributed by atoms with E-state index in [9.17, 15) is 22.4 Å². The Morgan fingerprint density at radius 1 is 1.23 bits per heavy atom. The molecule has 0 aliphatic heterocycles. The second kappa shape index (κ2) is 3.16. The molecule has 0 N–H and O–H groups in total. The zero-order chi connectivity index (χ0) is 10.1. The molecule has 0 spiro atoms. The minimum atomic E-state index is -4.86. The van der Waals surface area contributed by atoms with Crippen molar-refractivity contribution in [3.05, 3.63) is 35.1 Å². The summed E-state index contributed by atoms with van der Waals surface area (Å²) in [4.78, 5) is 10.0. The molecule has 5 heteroatoms. The molecule has 0 aromatic heterocycles. The van der Waals surface area contributed by atoms with E-state index in [1.807, 2.05) is 0 Å². The molecule has 0 aliphatic carbocycles. The smallest absolute Gasteiger partial charge is 0.285 e. The third-order valence-electron chi connectivity index (χ3n) is 1.41. The molecule has 1 rings (SSSR count). The first-order chi connectivity index (χ1) is 5.96. The molecule has 0 amide bonds. The number of alkyl halides is 3. The largest absolute Gasteiger partial charge is 0.419 e. The summed E-state index contributed by atoms with van der Waals surface area (Å²) in [6.07, 6.45) is -3.83. The summed E-state index contributed by atoms with van der Waals surface area (Å²) in [6, 6.07) is 2.52. The second-order valence-corrected chi connectivity index (χ2v) is 2.26. The predicted octanol–water partition coefficient (Wildman–Crippen LogP) is 2.30. The molecule has 0 bridgehead atoms. The van der Waals surface area contributed by atoms with Crippen LogP contribution >= 0.6 is 0 Å². The highest BCUT2D eigenvalue weighted by atomic mass is 19.4. The van der Waals surface area contributed by atoms with E-state index in [2.05, 4.69) is 0 Å². The summed E-state index contributed by atoms with van der Waals surface area (Å²) >= 11 is 0. The van der Waals surface area contributed by atoms with Crippen molar-refractivity contribution in [1.82, 2.24) is 0 Å². The Morgan fingerprint density at radius 3 is 2.23 bits per heavy atom. The van der Waals surface area contributed by atoms with E-state index in [0.29, 0.717) is 6.07 Å². The summed E-state index contributed by atoms with van der Waals surface area (Å²) in [6.45, 7) is 0. The molecule has 1 radical (unpaired) electrons. The molecular weight excluding hydrogens is 188 g/mol. The maximum atomic E-state index is 12.6. The monoisotopic (exact) mass is 191 g/mol. The summed E-state index contributed by atoms with van der Waals surface area (Å²) in [7, 11) is 0. The van der Waals surface area contributed by atoms with Gasteiger partial charge in [0.1, 0.15) is 11.4 Å². The van der Waals surface area contributed by atoms with E-state index >= 15 is 0 Å². The highest BCUT2D eigenvalue weighted by molar-refractivity contribution is 5.78. The first-order valence-corrected chi connectivity index (χ1v) is 3.20. The quantitative estimate of drug-likeness (QED) is 0.622. The van der Waals surface area contributed by atoms with Gasteiger partial charge >= 0.3 is 6.18 Å². The Hall–Kier alpha value is -1.39. The highest BCUT2D eigenvalue weighted by Crippen LogP contribution is 2.33. The summed E-state index contributed by atoms with van der Waals surface area (Å²) in [5.74, 6) is -1.46. The summed E-state index contributed by atoms with van der Waals surface area (Å²) in [5.41, 5.74) is -2.38. The van der Waals surface area contributed by atoms with Gasteiger partial charge < -0.3 is 0 Å². The SMILES string of the molecule is O=[C]c1cccc(F)c1C(F)(F)F. The Morgan fingerprint density at radius 2 is 1.85 bits per heavy atom. The van der Waals surface area contributed by atoms with Gasteiger partial charge in [0.2, 0.25) is 6.29 Å². The van der Waals surface area contributed by atoms with E-state index in [1.165, 1.54) is 0 Å². The molecule has 0 saturated carbocycles. The van der Waals surface area contributed by atoms with Gasteiger partial charge in [-0.15, -0.1) is 0 Å². The first-order valence-electron chi connectivity index (χ1n) is 3.20. The van der Waals surface area contributed by atoms with Crippen LogP contribution in [-0.4, -0.2) is 6.29 Å². The van der Waals surface area contributed by atoms with E-state index in [0.717, 1.165) is 18.4 Å². The molecule has 0 atom stereocenters. The van der Waals surface area contributed by atoms with Crippen LogP contribution in [0.15, 0.2) is 18.2 Å². The number of halogens is 4. The van der Waals surface area contributed by atoms with Gasteiger partial charge in [0.05, 0.1) is 0 Å². The van der Waals surface area contributed by atoms with Crippen LogP contribution in [0.1, 0.15) is 11.1 Å². The Bertz CT molecular complexity index is 329. The maximum Gasteiger partial charge on any atom is 0.419 e. The molecule has 69 valence electrons. The van der Waals surface area contributed by atoms with Gasteiger partial charge in [-0.05, 0) is 6.07 Å². The van der Waals surface area contributed by atoms with Crippen molar-refractivity contribution in [3.8, 4) is 0 Å². The van der Waals surface area contributed by atoms with Crippen LogP contribution in [-0.2, 0) is 11.0 Å². The minimum absolute atomic E-state index is 0.643. The topological polar surface area (TPSA) is 17.1 Å². The van der Waals surface area contributed by atoms with E-state index in [4.69, 9.17) is 0 Å². The lowest BCUT2D eigenvalue weighted by Crippen LogP contribution is -2.11. The van der Waals surface area contributed by atoms with Crippen LogP contribution in [0.2, 0.25) is 0 Å². The van der Waals surface area contributed by atoms with E-state index in [-0.39, 0.29) is 0 Å². The molecule has 13 heavy (non-hydrogen) atoms. The van der Waals surface area contributed by atoms with Gasteiger partial charge in [-0.3, -0.25) is 4.79 Å². The highest BCUT2D eigenvalue weighted by Gasteiger charge is 2.36. The molecular formula is C8H3F4O. The third-order valence-corrected chi connectivity index (χ3v) is 1.41. The van der Waals surface area contributed by atoms with Crippen LogP contribution < -0.4 is 0 Å². The number of hydrogen-bond acceptors (Lipinski definition) is 1. The van der Waals surface area contributed by atoms with Crippen molar-refractivity contribution in [2.75, 3.05) is 0 Å². The van der Waals surface area contributed by atoms with Crippen molar-refractivity contribution >= 4 is 6.29 Å². The second-order valence-electron chi connectivity index (χ2n) is 2.26. The van der Waals surface area contributed by atoms with Crippen LogP contribution in [0, 0.1) is 5.82 Å². The standard InChI is InChI=1S/C8H3F4O/c9-6-3-1-2-5(4-13)7(6)8(10,11)12/h1-3H. The fourth-order valence-electron chi connectivity index (χ4n) is 0.897. The van der Waals surface area contributed by atoms with Crippen molar-refractivity contribution < 1.29 is 22.4 Å². The van der Waals surface area contributed by atoms with Crippen molar-refractivity contribution in [1.29, 1.82) is 0 Å². The van der Waals surface area contributed by atoms with E-state index in [1.54, 1.807) is 0 Å². The third kappa shape index (κ3) is 1.85. The number of rotatable bonds is 1. The molecule has 1 nitrogen and oxygen atoms in total. The average Bonchev–Trinajstić information content (AvgIpc) is 2.01. The number of hydrogen-bond donors (Lipinski definition) is 0. The molecule has 0 heterocycles. The average molecular weight is 191 g/mol. The normalized spacial score (nSPS) is 11.4. The van der Waals surface area contributed by atoms with Gasteiger partial charge in [-0.1, -0.05) is 12.1 Å². The van der Waals surface area contributed by atoms with Crippen LogP contribution in [0.4, 0.5) is 17.6 Å². The lowest BCUT2D eigenvalue weighted by atomic mass is 10.1. The van der Waals surface area contributed by atoms with Gasteiger partial charge in [0.25, 0.3) is 0 Å². The molecule has 1 aromatic rings. The number of carbonyl (C=O) groups excluding carboxylic acids is 1. The Balaban J connectivity index is 3.40. The molecule has 0 unspecified atom stereocenters. The van der Waals surface area contributed by atoms with E-state index < -0.39 is 23.1 Å². The molecule has 0 saturated heterocycles. The van der Waals surface area contributed by atoms with Crippen LogP contribution in [0.3, 0.4) is 0 Å². The summed E-state index contributed by atoms with van der Waals surface area (Å²) < 4.78 is 48.9. The molecule has 0 fully saturated rings. The fraction of sp³-hybridized carbons (Fsp3) is 0.125. The van der Waals surface area contributed by atoms with Crippen LogP contribution in [0.5, 0.6) is 0 Å². The Labute approximate surface area is 71.0 Å². The fourth-order valence-corrected chi connectivity index (χ4v) is 0.897. The zero-order valence-corrected chi connectivity index (χ0v) is 6.15. The molecule has 0 aliphatic rings. The molecule has 1 aromatic carbocycles. The number of benzene rings is 1. The Kier molecular flexibility index (Phi) is 2.36.